The fourth-order valence-corrected chi connectivity index (χ4v) is 7.72. The van der Waals surface area contributed by atoms with Crippen molar-refractivity contribution in [3.05, 3.63) is 169 Å². The topological polar surface area (TPSA) is 85.2 Å². The first-order chi connectivity index (χ1) is 27.8. The van der Waals surface area contributed by atoms with Gasteiger partial charge in [0.1, 0.15) is 11.6 Å². The van der Waals surface area contributed by atoms with E-state index in [0.29, 0.717) is 44.8 Å². The number of halogens is 5. The molecule has 0 saturated carbocycles. The molecule has 0 spiro atoms. The van der Waals surface area contributed by atoms with E-state index >= 15 is 8.78 Å². The smallest absolute Gasteiger partial charge is 0.200 e. The molecule has 4 heterocycles. The van der Waals surface area contributed by atoms with Crippen LogP contribution in [0, 0.1) is 40.4 Å². The molecule has 0 radical (unpaired) electrons. The molecule has 0 aliphatic rings. The molecular weight excluding hydrogens is 734 g/mol. The molecule has 10 aromatic rings. The molecule has 0 aliphatic heterocycles. The van der Waals surface area contributed by atoms with E-state index in [4.69, 9.17) is 0 Å². The Morgan fingerprint density at radius 2 is 0.825 bits per heavy atom. The maximum Gasteiger partial charge on any atom is 0.200 e. The lowest BCUT2D eigenvalue weighted by molar-refractivity contribution is 0.381. The number of nitriles is 1. The zero-order valence-electron chi connectivity index (χ0n) is 29.2. The Balaban J connectivity index is 1.34. The molecule has 0 atom stereocenters. The highest BCUT2D eigenvalue weighted by Crippen LogP contribution is 2.42. The standard InChI is InChI=1S/C45H22F5N7/c46-39-38(40(47)42(49)43(50)41(39)48)26-21-36(56-32-9-3-1-7-27(32)29-19-24(11-13-34(29)56)44-52-15-5-16-53-44)31(23-51)37(22-26)57-33-10-4-2-8-28(33)30-20-25(12-14-35(30)57)45-54-17-6-18-55-45/h1-22H. The molecule has 12 heteroatoms. The summed E-state index contributed by atoms with van der Waals surface area (Å²) in [5, 5.41) is 14.2. The van der Waals surface area contributed by atoms with E-state index < -0.39 is 34.6 Å². The SMILES string of the molecule is N#Cc1c(-n2c3ccccc3c3cc(-c4ncccn4)ccc32)cc(-c2c(F)c(F)c(F)c(F)c2F)cc1-n1c2ccccc2c2cc(-c3ncccn3)ccc21. The maximum atomic E-state index is 15.8. The lowest BCUT2D eigenvalue weighted by Gasteiger charge is -2.19. The lowest BCUT2D eigenvalue weighted by Crippen LogP contribution is -2.08. The Bertz CT molecular complexity index is 3110. The second kappa shape index (κ2) is 12.9. The third-order valence-electron chi connectivity index (χ3n) is 10.2. The van der Waals surface area contributed by atoms with Crippen LogP contribution in [-0.4, -0.2) is 29.1 Å². The van der Waals surface area contributed by atoms with Crippen molar-refractivity contribution >= 4 is 43.6 Å². The first-order valence-corrected chi connectivity index (χ1v) is 17.6. The number of fused-ring (bicyclic) bond motifs is 6. The maximum absolute atomic E-state index is 15.8. The Hall–Kier alpha value is -7.78. The van der Waals surface area contributed by atoms with Gasteiger partial charge in [-0.3, -0.25) is 0 Å². The molecule has 272 valence electrons. The normalized spacial score (nSPS) is 11.6. The molecule has 4 aromatic heterocycles. The number of hydrogen-bond acceptors (Lipinski definition) is 5. The van der Waals surface area contributed by atoms with Gasteiger partial charge < -0.3 is 9.13 Å². The van der Waals surface area contributed by atoms with Gasteiger partial charge in [0.25, 0.3) is 0 Å². The predicted molar refractivity (Wildman–Crippen MR) is 207 cm³/mol. The van der Waals surface area contributed by atoms with E-state index in [0.717, 1.165) is 21.5 Å². The van der Waals surface area contributed by atoms with E-state index in [-0.39, 0.29) is 22.5 Å². The van der Waals surface area contributed by atoms with Crippen molar-refractivity contribution in [1.82, 2.24) is 29.1 Å². The van der Waals surface area contributed by atoms with E-state index in [1.807, 2.05) is 72.8 Å². The second-order valence-electron chi connectivity index (χ2n) is 13.3. The van der Waals surface area contributed by atoms with Crippen molar-refractivity contribution in [2.75, 3.05) is 0 Å². The third kappa shape index (κ3) is 5.09. The van der Waals surface area contributed by atoms with Crippen molar-refractivity contribution in [2.24, 2.45) is 0 Å². The monoisotopic (exact) mass is 755 g/mol. The Kier molecular flexibility index (Phi) is 7.65. The molecule has 0 fully saturated rings. The summed E-state index contributed by atoms with van der Waals surface area (Å²) in [6.45, 7) is 0. The van der Waals surface area contributed by atoms with Gasteiger partial charge in [-0.05, 0) is 78.4 Å². The van der Waals surface area contributed by atoms with Gasteiger partial charge in [-0.1, -0.05) is 36.4 Å². The molecule has 0 bridgehead atoms. The predicted octanol–water partition coefficient (Wildman–Crippen LogP) is 11.0. The quantitative estimate of drug-likeness (QED) is 0.0992. The molecule has 6 aromatic carbocycles. The summed E-state index contributed by atoms with van der Waals surface area (Å²) in [6, 6.07) is 34.2. The molecule has 0 aliphatic carbocycles. The summed E-state index contributed by atoms with van der Waals surface area (Å²) in [7, 11) is 0. The van der Waals surface area contributed by atoms with Crippen LogP contribution >= 0.6 is 0 Å². The summed E-state index contributed by atoms with van der Waals surface area (Å²) >= 11 is 0. The van der Waals surface area contributed by atoms with Gasteiger partial charge in [0.05, 0.1) is 39.0 Å². The minimum atomic E-state index is -2.27. The average molecular weight is 756 g/mol. The number of hydrogen-bond donors (Lipinski definition) is 0. The second-order valence-corrected chi connectivity index (χ2v) is 13.3. The fourth-order valence-electron chi connectivity index (χ4n) is 7.72. The van der Waals surface area contributed by atoms with Crippen LogP contribution < -0.4 is 0 Å². The summed E-state index contributed by atoms with van der Waals surface area (Å²) in [5.74, 6) is -9.48. The van der Waals surface area contributed by atoms with E-state index in [2.05, 4.69) is 26.0 Å². The molecule has 0 saturated heterocycles. The largest absolute Gasteiger partial charge is 0.308 e. The fraction of sp³-hybridized carbons (Fsp3) is 0. The molecule has 7 nitrogen and oxygen atoms in total. The first kappa shape index (κ1) is 33.8. The minimum Gasteiger partial charge on any atom is -0.308 e. The van der Waals surface area contributed by atoms with Gasteiger partial charge in [0.2, 0.25) is 5.82 Å². The van der Waals surface area contributed by atoms with Gasteiger partial charge in [0, 0.05) is 57.5 Å². The first-order valence-electron chi connectivity index (χ1n) is 17.6. The van der Waals surface area contributed by atoms with Crippen LogP contribution in [0.1, 0.15) is 5.56 Å². The molecule has 0 N–H and O–H groups in total. The number of rotatable bonds is 5. The number of aromatic nitrogens is 6. The third-order valence-corrected chi connectivity index (χ3v) is 10.2. The average Bonchev–Trinajstić information content (AvgIpc) is 3.77. The van der Waals surface area contributed by atoms with Crippen molar-refractivity contribution < 1.29 is 22.0 Å². The molecule has 57 heavy (non-hydrogen) atoms. The van der Waals surface area contributed by atoms with Gasteiger partial charge in [-0.15, -0.1) is 0 Å². The number of para-hydroxylation sites is 2. The van der Waals surface area contributed by atoms with Gasteiger partial charge >= 0.3 is 0 Å². The van der Waals surface area contributed by atoms with Gasteiger partial charge in [-0.2, -0.15) is 5.26 Å². The highest BCUT2D eigenvalue weighted by molar-refractivity contribution is 6.12. The van der Waals surface area contributed by atoms with E-state index in [1.165, 1.54) is 12.1 Å². The molecular formula is C45H22F5N7. The van der Waals surface area contributed by atoms with Crippen LogP contribution in [0.4, 0.5) is 22.0 Å². The zero-order valence-corrected chi connectivity index (χ0v) is 29.2. The van der Waals surface area contributed by atoms with E-state index in [1.54, 1.807) is 58.2 Å². The summed E-state index contributed by atoms with van der Waals surface area (Å²) in [5.41, 5.74) is 2.74. The van der Waals surface area contributed by atoms with Gasteiger partial charge in [-0.25, -0.2) is 41.9 Å². The molecule has 10 rings (SSSR count). The van der Waals surface area contributed by atoms with Crippen LogP contribution in [0.5, 0.6) is 0 Å². The van der Waals surface area contributed by atoms with Crippen LogP contribution in [-0.2, 0) is 0 Å². The highest BCUT2D eigenvalue weighted by Gasteiger charge is 2.29. The number of nitrogens with zero attached hydrogens (tertiary/aromatic N) is 7. The van der Waals surface area contributed by atoms with Crippen molar-refractivity contribution in [3.8, 4) is 51.3 Å². The van der Waals surface area contributed by atoms with Gasteiger partial charge in [0.15, 0.2) is 34.9 Å². The van der Waals surface area contributed by atoms with Crippen LogP contribution in [0.15, 0.2) is 134 Å². The molecule has 0 unspecified atom stereocenters. The van der Waals surface area contributed by atoms with Crippen molar-refractivity contribution in [2.45, 2.75) is 0 Å². The van der Waals surface area contributed by atoms with Crippen LogP contribution in [0.3, 0.4) is 0 Å². The van der Waals surface area contributed by atoms with Crippen molar-refractivity contribution in [3.63, 3.8) is 0 Å². The van der Waals surface area contributed by atoms with Crippen LogP contribution in [0.25, 0.3) is 88.9 Å². The Labute approximate surface area is 319 Å². The summed E-state index contributed by atoms with van der Waals surface area (Å²) < 4.78 is 79.5. The highest BCUT2D eigenvalue weighted by atomic mass is 19.2. The Morgan fingerprint density at radius 3 is 1.26 bits per heavy atom. The van der Waals surface area contributed by atoms with E-state index in [9.17, 15) is 18.4 Å². The zero-order chi connectivity index (χ0) is 38.9. The summed E-state index contributed by atoms with van der Waals surface area (Å²) in [6.07, 6.45) is 6.53. The van der Waals surface area contributed by atoms with Crippen molar-refractivity contribution in [1.29, 1.82) is 5.26 Å². The molecule has 0 amide bonds. The minimum absolute atomic E-state index is 0.0684. The Morgan fingerprint density at radius 1 is 0.421 bits per heavy atom. The van der Waals surface area contributed by atoms with Crippen LogP contribution in [0.2, 0.25) is 0 Å². The lowest BCUT2D eigenvalue weighted by atomic mass is 9.98. The number of benzene rings is 6. The summed E-state index contributed by atoms with van der Waals surface area (Å²) in [4.78, 5) is 17.6.